The summed E-state index contributed by atoms with van der Waals surface area (Å²) in [6, 6.07) is 10.6. The predicted molar refractivity (Wildman–Crippen MR) is 88.5 cm³/mol. The Morgan fingerprint density at radius 3 is 2.70 bits per heavy atom. The van der Waals surface area contributed by atoms with Crippen LogP contribution in [0.2, 0.25) is 5.02 Å². The van der Waals surface area contributed by atoms with E-state index < -0.39 is 12.1 Å². The molecule has 1 aromatic carbocycles. The van der Waals surface area contributed by atoms with Gasteiger partial charge in [0, 0.05) is 18.3 Å². The van der Waals surface area contributed by atoms with E-state index in [9.17, 15) is 13.2 Å². The smallest absolute Gasteiger partial charge is 0.473 e. The molecule has 0 saturated carbocycles. The maximum atomic E-state index is 12.4. The first-order valence-corrected chi connectivity index (χ1v) is 7.81. The molecule has 0 aliphatic carbocycles. The SMILES string of the molecule is N#Cc1ccnc(-n2nccc2OCc2ccc(Cl)c(OC(F)(F)F)c2)c1. The van der Waals surface area contributed by atoms with Crippen LogP contribution < -0.4 is 9.47 Å². The number of hydrogen-bond donors (Lipinski definition) is 0. The molecule has 0 bridgehead atoms. The van der Waals surface area contributed by atoms with Crippen molar-refractivity contribution < 1.29 is 22.6 Å². The minimum absolute atomic E-state index is 0.0605. The minimum atomic E-state index is -4.85. The Hall–Kier alpha value is -3.25. The fourth-order valence-electron chi connectivity index (χ4n) is 2.17. The molecule has 10 heteroatoms. The van der Waals surface area contributed by atoms with Crippen molar-refractivity contribution in [3.8, 4) is 23.5 Å². The van der Waals surface area contributed by atoms with Crippen LogP contribution in [0.5, 0.6) is 11.6 Å². The number of benzene rings is 1. The predicted octanol–water partition coefficient (Wildman–Crippen LogP) is 4.27. The Balaban J connectivity index is 1.78. The van der Waals surface area contributed by atoms with Crippen LogP contribution in [-0.4, -0.2) is 21.1 Å². The van der Waals surface area contributed by atoms with Crippen molar-refractivity contribution in [2.24, 2.45) is 0 Å². The first kappa shape index (κ1) is 18.5. The van der Waals surface area contributed by atoms with Gasteiger partial charge in [0.25, 0.3) is 0 Å². The van der Waals surface area contributed by atoms with Crippen molar-refractivity contribution in [2.75, 3.05) is 0 Å². The highest BCUT2D eigenvalue weighted by molar-refractivity contribution is 6.32. The molecule has 0 aliphatic rings. The number of halogens is 4. The maximum absolute atomic E-state index is 12.4. The molecule has 3 aromatic rings. The van der Waals surface area contributed by atoms with E-state index in [1.54, 1.807) is 12.1 Å². The lowest BCUT2D eigenvalue weighted by atomic mass is 10.2. The van der Waals surface area contributed by atoms with Crippen molar-refractivity contribution in [3.63, 3.8) is 0 Å². The fraction of sp³-hybridized carbons (Fsp3) is 0.118. The molecule has 0 spiro atoms. The largest absolute Gasteiger partial charge is 0.573 e. The average molecular weight is 395 g/mol. The van der Waals surface area contributed by atoms with Crippen LogP contribution >= 0.6 is 11.6 Å². The van der Waals surface area contributed by atoms with Crippen molar-refractivity contribution >= 4 is 11.6 Å². The summed E-state index contributed by atoms with van der Waals surface area (Å²) < 4.78 is 48.1. The standard InChI is InChI=1S/C17H10ClF3N4O2/c18-13-2-1-12(7-14(13)27-17(19,20)21)10-26-16-4-6-24-25(16)15-8-11(9-22)3-5-23-15/h1-8H,10H2. The highest BCUT2D eigenvalue weighted by Gasteiger charge is 2.32. The lowest BCUT2D eigenvalue weighted by molar-refractivity contribution is -0.274. The van der Waals surface area contributed by atoms with Gasteiger partial charge in [-0.25, -0.2) is 4.98 Å². The molecule has 0 N–H and O–H groups in total. The van der Waals surface area contributed by atoms with Crippen molar-refractivity contribution in [1.82, 2.24) is 14.8 Å². The summed E-state index contributed by atoms with van der Waals surface area (Å²) in [5.41, 5.74) is 0.804. The average Bonchev–Trinajstić information content (AvgIpc) is 3.10. The highest BCUT2D eigenvalue weighted by atomic mass is 35.5. The summed E-state index contributed by atoms with van der Waals surface area (Å²) in [7, 11) is 0. The summed E-state index contributed by atoms with van der Waals surface area (Å²) in [5, 5.41) is 12.9. The van der Waals surface area contributed by atoms with E-state index in [2.05, 4.69) is 14.8 Å². The van der Waals surface area contributed by atoms with Crippen molar-refractivity contribution in [2.45, 2.75) is 13.0 Å². The summed E-state index contributed by atoms with van der Waals surface area (Å²) in [6.45, 7) is -0.0605. The van der Waals surface area contributed by atoms with Gasteiger partial charge in [0.2, 0.25) is 5.88 Å². The van der Waals surface area contributed by atoms with Gasteiger partial charge in [0.05, 0.1) is 22.9 Å². The molecule has 3 rings (SSSR count). The van der Waals surface area contributed by atoms with Gasteiger partial charge in [-0.15, -0.1) is 13.2 Å². The molecule has 0 saturated heterocycles. The lowest BCUT2D eigenvalue weighted by Crippen LogP contribution is -2.17. The Morgan fingerprint density at radius 2 is 1.96 bits per heavy atom. The molecular formula is C17H10ClF3N4O2. The molecule has 138 valence electrons. The van der Waals surface area contributed by atoms with Crippen LogP contribution in [0.4, 0.5) is 13.2 Å². The van der Waals surface area contributed by atoms with E-state index in [4.69, 9.17) is 21.6 Å². The van der Waals surface area contributed by atoms with Gasteiger partial charge in [-0.3, -0.25) is 0 Å². The van der Waals surface area contributed by atoms with E-state index in [0.29, 0.717) is 22.8 Å². The van der Waals surface area contributed by atoms with Gasteiger partial charge < -0.3 is 9.47 Å². The fourth-order valence-corrected chi connectivity index (χ4v) is 2.33. The Morgan fingerprint density at radius 1 is 1.15 bits per heavy atom. The molecule has 2 heterocycles. The maximum Gasteiger partial charge on any atom is 0.573 e. The third kappa shape index (κ3) is 4.68. The molecular weight excluding hydrogens is 385 g/mol. The van der Waals surface area contributed by atoms with Crippen LogP contribution in [0.3, 0.4) is 0 Å². The molecule has 0 atom stereocenters. The van der Waals surface area contributed by atoms with Gasteiger partial charge in [-0.1, -0.05) is 17.7 Å². The number of aromatic nitrogens is 3. The number of pyridine rings is 1. The minimum Gasteiger partial charge on any atom is -0.473 e. The van der Waals surface area contributed by atoms with Gasteiger partial charge in [0.1, 0.15) is 12.4 Å². The monoisotopic (exact) mass is 394 g/mol. The summed E-state index contributed by atoms with van der Waals surface area (Å²) >= 11 is 5.72. The van der Waals surface area contributed by atoms with E-state index in [1.165, 1.54) is 35.3 Å². The molecule has 0 aliphatic heterocycles. The molecule has 2 aromatic heterocycles. The van der Waals surface area contributed by atoms with Crippen molar-refractivity contribution in [1.29, 1.82) is 5.26 Å². The summed E-state index contributed by atoms with van der Waals surface area (Å²) in [6.07, 6.45) is -1.92. The second-order valence-corrected chi connectivity index (χ2v) is 5.60. The number of alkyl halides is 3. The molecule has 0 amide bonds. The third-order valence-corrected chi connectivity index (χ3v) is 3.62. The molecule has 0 radical (unpaired) electrons. The summed E-state index contributed by atoms with van der Waals surface area (Å²) in [4.78, 5) is 4.12. The first-order chi connectivity index (χ1) is 12.9. The normalized spacial score (nSPS) is 11.1. The Bertz CT molecular complexity index is 998. The van der Waals surface area contributed by atoms with E-state index >= 15 is 0 Å². The Kier molecular flexibility index (Phi) is 5.19. The molecule has 0 fully saturated rings. The molecule has 0 unspecified atom stereocenters. The van der Waals surface area contributed by atoms with E-state index in [-0.39, 0.29) is 11.6 Å². The molecule has 6 nitrogen and oxygen atoms in total. The van der Waals surface area contributed by atoms with Crippen LogP contribution in [0, 0.1) is 11.3 Å². The number of ether oxygens (including phenoxy) is 2. The zero-order valence-electron chi connectivity index (χ0n) is 13.4. The third-order valence-electron chi connectivity index (χ3n) is 3.31. The number of rotatable bonds is 5. The first-order valence-electron chi connectivity index (χ1n) is 7.43. The van der Waals surface area contributed by atoms with E-state index in [0.717, 1.165) is 6.07 Å². The zero-order chi connectivity index (χ0) is 19.4. The second kappa shape index (κ2) is 7.55. The van der Waals surface area contributed by atoms with Crippen LogP contribution in [-0.2, 0) is 6.61 Å². The number of nitriles is 1. The second-order valence-electron chi connectivity index (χ2n) is 5.20. The van der Waals surface area contributed by atoms with Gasteiger partial charge in [-0.2, -0.15) is 15.0 Å². The van der Waals surface area contributed by atoms with Crippen LogP contribution in [0.25, 0.3) is 5.82 Å². The van der Waals surface area contributed by atoms with Gasteiger partial charge in [-0.05, 0) is 23.8 Å². The zero-order valence-corrected chi connectivity index (χ0v) is 14.2. The summed E-state index contributed by atoms with van der Waals surface area (Å²) in [5.74, 6) is 0.152. The topological polar surface area (TPSA) is 73.0 Å². The Labute approximate surface area is 156 Å². The van der Waals surface area contributed by atoms with Gasteiger partial charge >= 0.3 is 6.36 Å². The van der Waals surface area contributed by atoms with Crippen LogP contribution in [0.15, 0.2) is 48.8 Å². The van der Waals surface area contributed by atoms with Gasteiger partial charge in [0.15, 0.2) is 5.82 Å². The number of nitrogens with zero attached hydrogens (tertiary/aromatic N) is 4. The highest BCUT2D eigenvalue weighted by Crippen LogP contribution is 2.31. The van der Waals surface area contributed by atoms with Crippen LogP contribution in [0.1, 0.15) is 11.1 Å². The molecule has 27 heavy (non-hydrogen) atoms. The lowest BCUT2D eigenvalue weighted by Gasteiger charge is -2.13. The number of hydrogen-bond acceptors (Lipinski definition) is 5. The van der Waals surface area contributed by atoms with E-state index in [1.807, 2.05) is 6.07 Å². The van der Waals surface area contributed by atoms with Crippen molar-refractivity contribution in [3.05, 3.63) is 64.9 Å². The quantitative estimate of drug-likeness (QED) is 0.646.